The van der Waals surface area contributed by atoms with Gasteiger partial charge in [-0.1, -0.05) is 17.3 Å². The van der Waals surface area contributed by atoms with Crippen molar-refractivity contribution in [3.8, 4) is 28.5 Å². The molecule has 36 heavy (non-hydrogen) atoms. The van der Waals surface area contributed by atoms with E-state index in [4.69, 9.17) is 14.4 Å². The fourth-order valence-corrected chi connectivity index (χ4v) is 4.26. The molecule has 5 aromatic rings. The van der Waals surface area contributed by atoms with Crippen LogP contribution in [0.15, 0.2) is 65.2 Å². The van der Waals surface area contributed by atoms with Crippen LogP contribution in [0.4, 0.5) is 10.2 Å². The van der Waals surface area contributed by atoms with Gasteiger partial charge in [-0.15, -0.1) is 15.3 Å². The van der Waals surface area contributed by atoms with Crippen LogP contribution in [0.2, 0.25) is 0 Å². The predicted molar refractivity (Wildman–Crippen MR) is 130 cm³/mol. The molecule has 2 aromatic carbocycles. The monoisotopic (exact) mass is 486 g/mol. The van der Waals surface area contributed by atoms with Crippen molar-refractivity contribution in [1.82, 2.24) is 34.9 Å². The summed E-state index contributed by atoms with van der Waals surface area (Å²) in [5.41, 5.74) is 1.81. The van der Waals surface area contributed by atoms with Crippen LogP contribution in [0.5, 0.6) is 5.75 Å². The van der Waals surface area contributed by atoms with E-state index < -0.39 is 0 Å². The van der Waals surface area contributed by atoms with Crippen molar-refractivity contribution in [1.29, 1.82) is 0 Å². The number of nitrogens with zero attached hydrogens (tertiary/aromatic N) is 8. The highest BCUT2D eigenvalue weighted by molar-refractivity contribution is 5.60. The summed E-state index contributed by atoms with van der Waals surface area (Å²) in [5, 5.41) is 17.1. The molecule has 182 valence electrons. The number of benzene rings is 2. The summed E-state index contributed by atoms with van der Waals surface area (Å²) < 4.78 is 26.6. The van der Waals surface area contributed by atoms with Gasteiger partial charge in [0, 0.05) is 31.7 Å². The Morgan fingerprint density at radius 3 is 2.53 bits per heavy atom. The largest absolute Gasteiger partial charge is 0.497 e. The number of rotatable bonds is 6. The zero-order chi connectivity index (χ0) is 24.5. The van der Waals surface area contributed by atoms with Gasteiger partial charge in [-0.2, -0.15) is 9.50 Å². The first-order valence-electron chi connectivity index (χ1n) is 11.6. The van der Waals surface area contributed by atoms with Crippen LogP contribution >= 0.6 is 0 Å². The molecular weight excluding hydrogens is 463 g/mol. The van der Waals surface area contributed by atoms with E-state index in [-0.39, 0.29) is 5.82 Å². The van der Waals surface area contributed by atoms with Crippen LogP contribution in [-0.4, -0.2) is 68.1 Å². The van der Waals surface area contributed by atoms with Crippen molar-refractivity contribution < 1.29 is 13.7 Å². The maximum absolute atomic E-state index is 14.3. The zero-order valence-corrected chi connectivity index (χ0v) is 19.6. The lowest BCUT2D eigenvalue weighted by molar-refractivity contribution is 0.215. The van der Waals surface area contributed by atoms with Crippen LogP contribution < -0.4 is 9.64 Å². The highest BCUT2D eigenvalue weighted by Crippen LogP contribution is 2.23. The molecule has 0 N–H and O–H groups in total. The Labute approximate surface area is 205 Å². The van der Waals surface area contributed by atoms with Crippen LogP contribution in [-0.2, 0) is 6.54 Å². The minimum absolute atomic E-state index is 0.358. The van der Waals surface area contributed by atoms with E-state index in [1.54, 1.807) is 29.8 Å². The Bertz CT molecular complexity index is 1490. The standard InChI is InChI=1S/C25H23FN8O2/c1-35-18-8-6-17(7-9-18)24-27-23(36-31-24)16-32-12-14-33(15-13-32)22-11-10-21-28-29-25(34(21)30-22)19-4-2-3-5-20(19)26/h2-11H,12-16H2,1H3. The number of aromatic nitrogens is 6. The molecular formula is C25H23FN8O2. The minimum Gasteiger partial charge on any atom is -0.497 e. The van der Waals surface area contributed by atoms with Gasteiger partial charge in [0.1, 0.15) is 17.4 Å². The Kier molecular flexibility index (Phi) is 5.74. The number of anilines is 1. The van der Waals surface area contributed by atoms with Gasteiger partial charge in [-0.05, 0) is 48.5 Å². The molecule has 1 aliphatic rings. The Morgan fingerprint density at radius 2 is 1.75 bits per heavy atom. The van der Waals surface area contributed by atoms with E-state index >= 15 is 0 Å². The van der Waals surface area contributed by atoms with Crippen LogP contribution in [0.25, 0.3) is 28.4 Å². The second kappa shape index (κ2) is 9.34. The molecule has 10 nitrogen and oxygen atoms in total. The molecule has 1 fully saturated rings. The molecule has 0 atom stereocenters. The lowest BCUT2D eigenvalue weighted by atomic mass is 10.2. The summed E-state index contributed by atoms with van der Waals surface area (Å²) in [6.45, 7) is 3.74. The van der Waals surface area contributed by atoms with Gasteiger partial charge in [0.25, 0.3) is 0 Å². The second-order valence-electron chi connectivity index (χ2n) is 8.47. The van der Waals surface area contributed by atoms with Crippen molar-refractivity contribution in [2.75, 3.05) is 38.2 Å². The molecule has 6 rings (SSSR count). The van der Waals surface area contributed by atoms with E-state index in [2.05, 4.69) is 30.1 Å². The molecule has 0 saturated carbocycles. The molecule has 1 saturated heterocycles. The topological polar surface area (TPSA) is 97.7 Å². The van der Waals surface area contributed by atoms with Gasteiger partial charge >= 0.3 is 0 Å². The molecule has 0 spiro atoms. The fourth-order valence-electron chi connectivity index (χ4n) is 4.26. The third-order valence-electron chi connectivity index (χ3n) is 6.23. The number of halogens is 1. The molecule has 3 aromatic heterocycles. The van der Waals surface area contributed by atoms with Crippen molar-refractivity contribution in [3.05, 3.63) is 72.4 Å². The van der Waals surface area contributed by atoms with Crippen molar-refractivity contribution in [3.63, 3.8) is 0 Å². The number of hydrogen-bond donors (Lipinski definition) is 0. The highest BCUT2D eigenvalue weighted by Gasteiger charge is 2.22. The first-order valence-corrected chi connectivity index (χ1v) is 11.6. The summed E-state index contributed by atoms with van der Waals surface area (Å²) in [4.78, 5) is 9.01. The Balaban J connectivity index is 1.12. The van der Waals surface area contributed by atoms with E-state index in [1.165, 1.54) is 6.07 Å². The van der Waals surface area contributed by atoms with E-state index in [0.717, 1.165) is 43.3 Å². The summed E-state index contributed by atoms with van der Waals surface area (Å²) in [6.07, 6.45) is 0. The number of ether oxygens (including phenoxy) is 1. The first-order chi connectivity index (χ1) is 17.7. The van der Waals surface area contributed by atoms with Crippen molar-refractivity contribution in [2.45, 2.75) is 6.54 Å². The second-order valence-corrected chi connectivity index (χ2v) is 8.47. The Hall–Kier alpha value is -4.38. The summed E-state index contributed by atoms with van der Waals surface area (Å²) in [6, 6.07) is 17.8. The van der Waals surface area contributed by atoms with Crippen molar-refractivity contribution >= 4 is 11.5 Å². The maximum atomic E-state index is 14.3. The van der Waals surface area contributed by atoms with Crippen LogP contribution in [0.1, 0.15) is 5.89 Å². The normalized spacial score (nSPS) is 14.4. The van der Waals surface area contributed by atoms with Gasteiger partial charge in [0.2, 0.25) is 11.7 Å². The van der Waals surface area contributed by atoms with Gasteiger partial charge in [-0.3, -0.25) is 4.90 Å². The van der Waals surface area contributed by atoms with E-state index in [0.29, 0.717) is 35.3 Å². The average Bonchev–Trinajstić information content (AvgIpc) is 3.56. The summed E-state index contributed by atoms with van der Waals surface area (Å²) in [5.74, 6) is 2.73. The highest BCUT2D eigenvalue weighted by atomic mass is 19.1. The molecule has 4 heterocycles. The van der Waals surface area contributed by atoms with Crippen LogP contribution in [0.3, 0.4) is 0 Å². The molecule has 1 aliphatic heterocycles. The Morgan fingerprint density at radius 1 is 0.944 bits per heavy atom. The lowest BCUT2D eigenvalue weighted by Crippen LogP contribution is -2.46. The van der Waals surface area contributed by atoms with E-state index in [9.17, 15) is 4.39 Å². The fraction of sp³-hybridized carbons (Fsp3) is 0.240. The first kappa shape index (κ1) is 22.1. The van der Waals surface area contributed by atoms with Gasteiger partial charge in [0.15, 0.2) is 11.5 Å². The number of fused-ring (bicyclic) bond motifs is 1. The predicted octanol–water partition coefficient (Wildman–Crippen LogP) is 3.31. The maximum Gasteiger partial charge on any atom is 0.241 e. The molecule has 0 radical (unpaired) electrons. The third kappa shape index (κ3) is 4.24. The van der Waals surface area contributed by atoms with Gasteiger partial charge in [0.05, 0.1) is 19.2 Å². The van der Waals surface area contributed by atoms with Crippen LogP contribution in [0, 0.1) is 5.82 Å². The molecule has 11 heteroatoms. The quantitative estimate of drug-likeness (QED) is 0.358. The minimum atomic E-state index is -0.358. The third-order valence-corrected chi connectivity index (χ3v) is 6.23. The summed E-state index contributed by atoms with van der Waals surface area (Å²) in [7, 11) is 1.63. The zero-order valence-electron chi connectivity index (χ0n) is 19.6. The number of methoxy groups -OCH3 is 1. The molecule has 0 aliphatic carbocycles. The summed E-state index contributed by atoms with van der Waals surface area (Å²) >= 11 is 0. The van der Waals surface area contributed by atoms with Gasteiger partial charge < -0.3 is 14.2 Å². The molecule has 0 unspecified atom stereocenters. The molecule has 0 amide bonds. The lowest BCUT2D eigenvalue weighted by Gasteiger charge is -2.34. The average molecular weight is 487 g/mol. The molecule has 0 bridgehead atoms. The smallest absolute Gasteiger partial charge is 0.241 e. The van der Waals surface area contributed by atoms with Gasteiger partial charge in [-0.25, -0.2) is 4.39 Å². The SMILES string of the molecule is COc1ccc(-c2noc(CN3CCN(c4ccc5nnc(-c6ccccc6F)n5n4)CC3)n2)cc1. The van der Waals surface area contributed by atoms with Crippen molar-refractivity contribution in [2.24, 2.45) is 0 Å². The number of piperazine rings is 1. The van der Waals surface area contributed by atoms with E-state index in [1.807, 2.05) is 36.4 Å². The number of hydrogen-bond acceptors (Lipinski definition) is 9.